The molecule has 0 fully saturated rings. The summed E-state index contributed by atoms with van der Waals surface area (Å²) in [5.41, 5.74) is 9.74. The van der Waals surface area contributed by atoms with E-state index in [4.69, 9.17) is 10.5 Å². The van der Waals surface area contributed by atoms with E-state index in [-0.39, 0.29) is 12.1 Å². The molecule has 21 heavy (non-hydrogen) atoms. The van der Waals surface area contributed by atoms with Gasteiger partial charge in [-0.2, -0.15) is 0 Å². The van der Waals surface area contributed by atoms with Gasteiger partial charge in [0.25, 0.3) is 0 Å². The molecule has 3 heteroatoms. The van der Waals surface area contributed by atoms with E-state index in [1.54, 1.807) is 12.1 Å². The fraction of sp³-hybridized carbons (Fsp3) is 0.278. The van der Waals surface area contributed by atoms with E-state index in [1.165, 1.54) is 5.56 Å². The number of nitrogen functional groups attached to an aromatic ring is 1. The fourth-order valence-electron chi connectivity index (χ4n) is 2.83. The summed E-state index contributed by atoms with van der Waals surface area (Å²) in [5.74, 6) is -0.179. The van der Waals surface area contributed by atoms with Crippen LogP contribution in [0.3, 0.4) is 0 Å². The predicted molar refractivity (Wildman–Crippen MR) is 82.8 cm³/mol. The van der Waals surface area contributed by atoms with Crippen molar-refractivity contribution in [3.05, 3.63) is 65.2 Å². The van der Waals surface area contributed by atoms with Gasteiger partial charge in [-0.3, -0.25) is 4.79 Å². The number of rotatable bonds is 3. The van der Waals surface area contributed by atoms with Gasteiger partial charge in [0.1, 0.15) is 6.10 Å². The van der Waals surface area contributed by atoms with Crippen molar-refractivity contribution in [2.24, 2.45) is 0 Å². The lowest BCUT2D eigenvalue weighted by Gasteiger charge is -2.25. The Hall–Kier alpha value is -2.29. The smallest absolute Gasteiger partial charge is 0.310 e. The van der Waals surface area contributed by atoms with Crippen LogP contribution >= 0.6 is 0 Å². The van der Waals surface area contributed by atoms with Crippen LogP contribution in [-0.2, 0) is 22.4 Å². The Labute approximate surface area is 124 Å². The number of fused-ring (bicyclic) bond motifs is 1. The maximum Gasteiger partial charge on any atom is 0.310 e. The molecule has 2 aromatic carbocycles. The molecule has 2 N–H and O–H groups in total. The predicted octanol–water partition coefficient (Wildman–Crippen LogP) is 3.43. The van der Waals surface area contributed by atoms with Crippen molar-refractivity contribution in [1.82, 2.24) is 0 Å². The van der Waals surface area contributed by atoms with Crippen molar-refractivity contribution in [3.8, 4) is 0 Å². The number of ether oxygens (including phenoxy) is 1. The van der Waals surface area contributed by atoms with Gasteiger partial charge in [0, 0.05) is 5.69 Å². The van der Waals surface area contributed by atoms with Gasteiger partial charge in [-0.25, -0.2) is 0 Å². The van der Waals surface area contributed by atoms with Crippen LogP contribution in [0.1, 0.15) is 35.6 Å². The SMILES string of the molecule is Nc1ccc(CC(=O)OC2CCCc3ccccc32)cc1. The zero-order valence-corrected chi connectivity index (χ0v) is 11.9. The largest absolute Gasteiger partial charge is 0.457 e. The Morgan fingerprint density at radius 2 is 1.90 bits per heavy atom. The zero-order valence-electron chi connectivity index (χ0n) is 11.9. The van der Waals surface area contributed by atoms with Gasteiger partial charge < -0.3 is 10.5 Å². The number of nitrogens with two attached hydrogens (primary N) is 1. The molecule has 3 rings (SSSR count). The third kappa shape index (κ3) is 3.24. The second-order valence-electron chi connectivity index (χ2n) is 5.49. The first-order valence-corrected chi connectivity index (χ1v) is 7.34. The molecular formula is C18H19NO2. The summed E-state index contributed by atoms with van der Waals surface area (Å²) in [7, 11) is 0. The normalized spacial score (nSPS) is 17.0. The van der Waals surface area contributed by atoms with Crippen LogP contribution in [0, 0.1) is 0 Å². The van der Waals surface area contributed by atoms with Crippen LogP contribution in [0.15, 0.2) is 48.5 Å². The first-order chi connectivity index (χ1) is 10.2. The number of aryl methyl sites for hydroxylation is 1. The molecule has 2 aromatic rings. The lowest BCUT2D eigenvalue weighted by atomic mass is 9.89. The molecule has 0 spiro atoms. The number of benzene rings is 2. The lowest BCUT2D eigenvalue weighted by Crippen LogP contribution is -2.18. The Morgan fingerprint density at radius 1 is 1.14 bits per heavy atom. The second-order valence-corrected chi connectivity index (χ2v) is 5.49. The Bertz CT molecular complexity index is 634. The molecule has 0 bridgehead atoms. The quantitative estimate of drug-likeness (QED) is 0.692. The number of hydrogen-bond donors (Lipinski definition) is 1. The maximum absolute atomic E-state index is 12.1. The standard InChI is InChI=1S/C18H19NO2/c19-15-10-8-13(9-11-15)12-18(20)21-17-7-3-5-14-4-1-2-6-16(14)17/h1-2,4,6,8-11,17H,3,5,7,12,19H2. The van der Waals surface area contributed by atoms with Gasteiger partial charge in [0.05, 0.1) is 6.42 Å². The van der Waals surface area contributed by atoms with Crippen molar-refractivity contribution in [2.45, 2.75) is 31.8 Å². The molecule has 1 unspecified atom stereocenters. The highest BCUT2D eigenvalue weighted by Crippen LogP contribution is 2.32. The van der Waals surface area contributed by atoms with Crippen molar-refractivity contribution in [1.29, 1.82) is 0 Å². The highest BCUT2D eigenvalue weighted by atomic mass is 16.5. The summed E-state index contributed by atoms with van der Waals surface area (Å²) in [5, 5.41) is 0. The number of esters is 1. The Balaban J connectivity index is 1.67. The Morgan fingerprint density at radius 3 is 2.71 bits per heavy atom. The van der Waals surface area contributed by atoms with Crippen molar-refractivity contribution >= 4 is 11.7 Å². The van der Waals surface area contributed by atoms with Crippen LogP contribution in [0.25, 0.3) is 0 Å². The summed E-state index contributed by atoms with van der Waals surface area (Å²) in [4.78, 5) is 12.1. The molecule has 0 saturated heterocycles. The molecule has 0 aliphatic heterocycles. The van der Waals surface area contributed by atoms with Gasteiger partial charge in [-0.1, -0.05) is 36.4 Å². The highest BCUT2D eigenvalue weighted by molar-refractivity contribution is 5.73. The minimum atomic E-state index is -0.179. The van der Waals surface area contributed by atoms with Crippen molar-refractivity contribution < 1.29 is 9.53 Å². The highest BCUT2D eigenvalue weighted by Gasteiger charge is 2.23. The fourth-order valence-corrected chi connectivity index (χ4v) is 2.83. The molecule has 0 radical (unpaired) electrons. The van der Waals surface area contributed by atoms with Gasteiger partial charge in [-0.15, -0.1) is 0 Å². The average Bonchev–Trinajstić information content (AvgIpc) is 2.50. The van der Waals surface area contributed by atoms with Gasteiger partial charge in [0.15, 0.2) is 0 Å². The first-order valence-electron chi connectivity index (χ1n) is 7.34. The Kier molecular flexibility index (Phi) is 3.91. The van der Waals surface area contributed by atoms with E-state index < -0.39 is 0 Å². The lowest BCUT2D eigenvalue weighted by molar-refractivity contribution is -0.149. The third-order valence-electron chi connectivity index (χ3n) is 3.92. The summed E-state index contributed by atoms with van der Waals surface area (Å²) < 4.78 is 5.68. The minimum Gasteiger partial charge on any atom is -0.457 e. The summed E-state index contributed by atoms with van der Waals surface area (Å²) in [6.45, 7) is 0. The summed E-state index contributed by atoms with van der Waals surface area (Å²) in [6.07, 6.45) is 3.24. The van der Waals surface area contributed by atoms with Gasteiger partial charge >= 0.3 is 5.97 Å². The number of carbonyl (C=O) groups excluding carboxylic acids is 1. The van der Waals surface area contributed by atoms with E-state index in [9.17, 15) is 4.79 Å². The van der Waals surface area contributed by atoms with Crippen LogP contribution in [-0.4, -0.2) is 5.97 Å². The number of carbonyl (C=O) groups is 1. The molecule has 0 heterocycles. The van der Waals surface area contributed by atoms with Crippen LogP contribution < -0.4 is 5.73 Å². The van der Waals surface area contributed by atoms with E-state index in [2.05, 4.69) is 12.1 Å². The summed E-state index contributed by atoms with van der Waals surface area (Å²) >= 11 is 0. The van der Waals surface area contributed by atoms with E-state index >= 15 is 0 Å². The summed E-state index contributed by atoms with van der Waals surface area (Å²) in [6, 6.07) is 15.6. The van der Waals surface area contributed by atoms with Gasteiger partial charge in [0.2, 0.25) is 0 Å². The average molecular weight is 281 g/mol. The van der Waals surface area contributed by atoms with E-state index in [0.29, 0.717) is 12.1 Å². The first kappa shape index (κ1) is 13.7. The molecule has 0 amide bonds. The van der Waals surface area contributed by atoms with Crippen molar-refractivity contribution in [3.63, 3.8) is 0 Å². The molecular weight excluding hydrogens is 262 g/mol. The molecule has 0 aromatic heterocycles. The molecule has 0 saturated carbocycles. The maximum atomic E-state index is 12.1. The monoisotopic (exact) mass is 281 g/mol. The minimum absolute atomic E-state index is 0.101. The van der Waals surface area contributed by atoms with Crippen LogP contribution in [0.4, 0.5) is 5.69 Å². The van der Waals surface area contributed by atoms with Gasteiger partial charge in [-0.05, 0) is 48.1 Å². The molecule has 108 valence electrons. The molecule has 1 atom stereocenters. The zero-order chi connectivity index (χ0) is 14.7. The third-order valence-corrected chi connectivity index (χ3v) is 3.92. The van der Waals surface area contributed by atoms with E-state index in [1.807, 2.05) is 24.3 Å². The van der Waals surface area contributed by atoms with Crippen LogP contribution in [0.2, 0.25) is 0 Å². The number of hydrogen-bond acceptors (Lipinski definition) is 3. The molecule has 1 aliphatic rings. The molecule has 1 aliphatic carbocycles. The van der Waals surface area contributed by atoms with E-state index in [0.717, 1.165) is 30.4 Å². The molecule has 3 nitrogen and oxygen atoms in total. The topological polar surface area (TPSA) is 52.3 Å². The van der Waals surface area contributed by atoms with Crippen LogP contribution in [0.5, 0.6) is 0 Å². The number of anilines is 1. The van der Waals surface area contributed by atoms with Crippen molar-refractivity contribution in [2.75, 3.05) is 5.73 Å². The second kappa shape index (κ2) is 6.00.